The summed E-state index contributed by atoms with van der Waals surface area (Å²) in [4.78, 5) is 4.96. The van der Waals surface area contributed by atoms with Gasteiger partial charge in [-0.25, -0.2) is 21.6 Å². The molecule has 1 aliphatic heterocycles. The Kier molecular flexibility index (Phi) is 4.72. The van der Waals surface area contributed by atoms with E-state index in [9.17, 15) is 21.6 Å². The molecule has 1 saturated heterocycles. The van der Waals surface area contributed by atoms with Gasteiger partial charge < -0.3 is 9.64 Å². The van der Waals surface area contributed by atoms with Crippen LogP contribution >= 0.6 is 0 Å². The number of para-hydroxylation sites is 1. The molecule has 0 atom stereocenters. The highest BCUT2D eigenvalue weighted by Crippen LogP contribution is 2.37. The van der Waals surface area contributed by atoms with Crippen molar-refractivity contribution in [2.45, 2.75) is 9.79 Å². The number of nitrogens with zero attached hydrogens (tertiary/aromatic N) is 2. The number of rotatable bonds is 3. The van der Waals surface area contributed by atoms with Crippen LogP contribution in [-0.4, -0.2) is 39.7 Å². The Hall–Kier alpha value is -2.65. The highest BCUT2D eigenvalue weighted by atomic mass is 32.2. The summed E-state index contributed by atoms with van der Waals surface area (Å²) in [6, 6.07) is 6.35. The van der Waals surface area contributed by atoms with Crippen molar-refractivity contribution in [1.29, 1.82) is 0 Å². The van der Waals surface area contributed by atoms with Crippen LogP contribution in [0.15, 0.2) is 52.4 Å². The van der Waals surface area contributed by atoms with E-state index in [1.54, 1.807) is 11.0 Å². The van der Waals surface area contributed by atoms with Crippen molar-refractivity contribution in [2.24, 2.45) is 0 Å². The molecule has 3 aromatic rings. The van der Waals surface area contributed by atoms with Gasteiger partial charge >= 0.3 is 0 Å². The quantitative estimate of drug-likeness (QED) is 0.666. The molecule has 0 spiro atoms. The number of hydrogen-bond donors (Lipinski definition) is 0. The van der Waals surface area contributed by atoms with Gasteiger partial charge in [-0.1, -0.05) is 12.1 Å². The smallest absolute Gasteiger partial charge is 0.210 e. The molecule has 0 radical (unpaired) electrons. The molecule has 4 rings (SSSR count). The number of halogens is 3. The first-order chi connectivity index (χ1) is 13.4. The van der Waals surface area contributed by atoms with E-state index < -0.39 is 32.2 Å². The summed E-state index contributed by atoms with van der Waals surface area (Å²) >= 11 is 0. The predicted octanol–water partition coefficient (Wildman–Crippen LogP) is 3.32. The molecule has 1 aliphatic rings. The van der Waals surface area contributed by atoms with Crippen LogP contribution in [0.1, 0.15) is 0 Å². The number of fused-ring (bicyclic) bond motifs is 1. The van der Waals surface area contributed by atoms with Crippen molar-refractivity contribution in [3.63, 3.8) is 0 Å². The lowest BCUT2D eigenvalue weighted by Crippen LogP contribution is -2.37. The summed E-state index contributed by atoms with van der Waals surface area (Å²) in [5, 5.41) is 0.305. The minimum Gasteiger partial charge on any atom is -0.378 e. The monoisotopic (exact) mass is 408 g/mol. The summed E-state index contributed by atoms with van der Waals surface area (Å²) in [6.07, 6.45) is 1.04. The molecule has 9 heteroatoms. The number of anilines is 1. The largest absolute Gasteiger partial charge is 0.378 e. The van der Waals surface area contributed by atoms with Gasteiger partial charge in [0, 0.05) is 30.7 Å². The Morgan fingerprint density at radius 3 is 2.36 bits per heavy atom. The van der Waals surface area contributed by atoms with E-state index in [0.717, 1.165) is 18.3 Å². The fourth-order valence-electron chi connectivity index (χ4n) is 3.28. The van der Waals surface area contributed by atoms with Crippen LogP contribution in [0.5, 0.6) is 0 Å². The van der Waals surface area contributed by atoms with Crippen molar-refractivity contribution >= 4 is 26.4 Å². The number of sulfone groups is 1. The number of morpholine rings is 1. The van der Waals surface area contributed by atoms with Gasteiger partial charge in [-0.15, -0.1) is 0 Å². The van der Waals surface area contributed by atoms with Crippen molar-refractivity contribution < 1.29 is 26.3 Å². The molecule has 1 aromatic heterocycles. The third kappa shape index (κ3) is 3.20. The first-order valence-electron chi connectivity index (χ1n) is 8.49. The highest BCUT2D eigenvalue weighted by molar-refractivity contribution is 7.91. The topological polar surface area (TPSA) is 59.5 Å². The first-order valence-corrected chi connectivity index (χ1v) is 9.97. The van der Waals surface area contributed by atoms with Gasteiger partial charge in [-0.05, 0) is 18.2 Å². The summed E-state index contributed by atoms with van der Waals surface area (Å²) < 4.78 is 73.2. The standard InChI is InChI=1S/C19H15F3N2O3S/c20-12-8-13(21)10-14(9-12)28(25,26)17-11-23-18-15(2-1-3-16(18)22)19(17)24-4-6-27-7-5-24/h1-3,8-11H,4-7H2. The number of aromatic nitrogens is 1. The zero-order chi connectivity index (χ0) is 19.9. The second-order valence-corrected chi connectivity index (χ2v) is 8.23. The summed E-state index contributed by atoms with van der Waals surface area (Å²) in [6.45, 7) is 1.51. The van der Waals surface area contributed by atoms with E-state index in [4.69, 9.17) is 4.74 Å². The second kappa shape index (κ2) is 7.06. The molecular weight excluding hydrogens is 393 g/mol. The molecule has 2 heterocycles. The number of ether oxygens (including phenoxy) is 1. The van der Waals surface area contributed by atoms with Crippen LogP contribution in [0, 0.1) is 17.5 Å². The normalized spacial score (nSPS) is 15.2. The fraction of sp³-hybridized carbons (Fsp3) is 0.211. The van der Waals surface area contributed by atoms with Crippen molar-refractivity contribution in [3.05, 3.63) is 60.0 Å². The Balaban J connectivity index is 2.00. The Bertz CT molecular complexity index is 1140. The van der Waals surface area contributed by atoms with Gasteiger partial charge in [-0.3, -0.25) is 4.98 Å². The molecule has 0 saturated carbocycles. The minimum atomic E-state index is -4.32. The third-order valence-corrected chi connectivity index (χ3v) is 6.28. The summed E-state index contributed by atoms with van der Waals surface area (Å²) in [7, 11) is -4.32. The maximum Gasteiger partial charge on any atom is 0.210 e. The molecule has 0 amide bonds. The molecule has 28 heavy (non-hydrogen) atoms. The predicted molar refractivity (Wildman–Crippen MR) is 96.5 cm³/mol. The van der Waals surface area contributed by atoms with E-state index in [2.05, 4.69) is 4.98 Å². The van der Waals surface area contributed by atoms with Crippen molar-refractivity contribution in [1.82, 2.24) is 4.98 Å². The molecule has 0 aliphatic carbocycles. The van der Waals surface area contributed by atoms with Gasteiger partial charge in [0.05, 0.1) is 23.8 Å². The molecular formula is C19H15F3N2O3S. The zero-order valence-corrected chi connectivity index (χ0v) is 15.3. The van der Waals surface area contributed by atoms with Gasteiger partial charge in [0.15, 0.2) is 0 Å². The third-order valence-electron chi connectivity index (χ3n) is 4.55. The van der Waals surface area contributed by atoms with Crippen LogP contribution in [-0.2, 0) is 14.6 Å². The van der Waals surface area contributed by atoms with E-state index in [1.165, 1.54) is 12.1 Å². The maximum atomic E-state index is 14.2. The van der Waals surface area contributed by atoms with Crippen molar-refractivity contribution in [3.8, 4) is 0 Å². The van der Waals surface area contributed by atoms with Crippen LogP contribution in [0.25, 0.3) is 10.9 Å². The Morgan fingerprint density at radius 1 is 1.00 bits per heavy atom. The average molecular weight is 408 g/mol. The average Bonchev–Trinajstić information content (AvgIpc) is 2.67. The lowest BCUT2D eigenvalue weighted by molar-refractivity contribution is 0.122. The van der Waals surface area contributed by atoms with E-state index in [-0.39, 0.29) is 16.1 Å². The molecule has 0 N–H and O–H groups in total. The van der Waals surface area contributed by atoms with E-state index in [1.807, 2.05) is 0 Å². The van der Waals surface area contributed by atoms with Gasteiger partial charge in [0.1, 0.15) is 27.9 Å². The molecule has 146 valence electrons. The Morgan fingerprint density at radius 2 is 1.68 bits per heavy atom. The molecule has 0 unspecified atom stereocenters. The van der Waals surface area contributed by atoms with Crippen LogP contribution in [0.3, 0.4) is 0 Å². The van der Waals surface area contributed by atoms with Gasteiger partial charge in [-0.2, -0.15) is 0 Å². The SMILES string of the molecule is O=S(=O)(c1cc(F)cc(F)c1)c1cnc2c(F)cccc2c1N1CCOCC1. The lowest BCUT2D eigenvalue weighted by atomic mass is 10.1. The first kappa shape index (κ1) is 18.7. The zero-order valence-electron chi connectivity index (χ0n) is 14.5. The minimum absolute atomic E-state index is 0.0216. The van der Waals surface area contributed by atoms with Crippen LogP contribution in [0.4, 0.5) is 18.9 Å². The summed E-state index contributed by atoms with van der Waals surface area (Å²) in [5.41, 5.74) is 0.269. The van der Waals surface area contributed by atoms with Gasteiger partial charge in [0.25, 0.3) is 0 Å². The second-order valence-electron chi connectivity index (χ2n) is 6.32. The number of hydrogen-bond acceptors (Lipinski definition) is 5. The highest BCUT2D eigenvalue weighted by Gasteiger charge is 2.29. The Labute approximate surface area is 159 Å². The molecule has 2 aromatic carbocycles. The van der Waals surface area contributed by atoms with Gasteiger partial charge in [0.2, 0.25) is 9.84 Å². The maximum absolute atomic E-state index is 14.2. The number of benzene rings is 2. The van der Waals surface area contributed by atoms with Crippen molar-refractivity contribution in [2.75, 3.05) is 31.2 Å². The van der Waals surface area contributed by atoms with E-state index >= 15 is 0 Å². The lowest BCUT2D eigenvalue weighted by Gasteiger charge is -2.31. The molecule has 5 nitrogen and oxygen atoms in total. The van der Waals surface area contributed by atoms with Crippen LogP contribution < -0.4 is 4.90 Å². The fourth-order valence-corrected chi connectivity index (χ4v) is 4.75. The number of pyridine rings is 1. The van der Waals surface area contributed by atoms with E-state index in [0.29, 0.717) is 37.8 Å². The molecule has 0 bridgehead atoms. The molecule has 1 fully saturated rings. The summed E-state index contributed by atoms with van der Waals surface area (Å²) in [5.74, 6) is -2.61. The van der Waals surface area contributed by atoms with Crippen LogP contribution in [0.2, 0.25) is 0 Å².